The number of ether oxygens (including phenoxy) is 1. The molecule has 1 aromatic heterocycles. The Bertz CT molecular complexity index is 536. The second-order valence-electron chi connectivity index (χ2n) is 5.05. The van der Waals surface area contributed by atoms with Crippen molar-refractivity contribution in [1.29, 1.82) is 0 Å². The van der Waals surface area contributed by atoms with Crippen molar-refractivity contribution in [3.05, 3.63) is 35.2 Å². The van der Waals surface area contributed by atoms with Gasteiger partial charge in [0.15, 0.2) is 0 Å². The summed E-state index contributed by atoms with van der Waals surface area (Å²) >= 11 is 1.82. The molecule has 3 rings (SSSR count). The van der Waals surface area contributed by atoms with E-state index >= 15 is 0 Å². The molecule has 0 aliphatic carbocycles. The molecule has 2 heterocycles. The molecule has 3 heteroatoms. The summed E-state index contributed by atoms with van der Waals surface area (Å²) in [5, 5.41) is 6.96. The number of hydrogen-bond donors (Lipinski definition) is 1. The Morgan fingerprint density at radius 1 is 1.39 bits per heavy atom. The number of nitrogens with one attached hydrogen (secondary N) is 1. The van der Waals surface area contributed by atoms with Crippen LogP contribution in [0.4, 0.5) is 0 Å². The maximum absolute atomic E-state index is 5.94. The Morgan fingerprint density at radius 3 is 3.00 bits per heavy atom. The van der Waals surface area contributed by atoms with Gasteiger partial charge in [-0.3, -0.25) is 0 Å². The summed E-state index contributed by atoms with van der Waals surface area (Å²) in [4.78, 5) is 0. The van der Waals surface area contributed by atoms with E-state index in [2.05, 4.69) is 41.9 Å². The number of likely N-dealkylation sites (N-methyl/N-ethyl adjacent to an activating group) is 1. The van der Waals surface area contributed by atoms with E-state index in [1.807, 2.05) is 18.4 Å². The largest absolute Gasteiger partial charge is 0.376 e. The Morgan fingerprint density at radius 2 is 2.28 bits per heavy atom. The SMILES string of the molecule is CNC(c1cccc2ccsc12)C1OCCC1C. The van der Waals surface area contributed by atoms with E-state index in [0.717, 1.165) is 6.61 Å². The first-order valence-electron chi connectivity index (χ1n) is 6.56. The van der Waals surface area contributed by atoms with Gasteiger partial charge in [-0.05, 0) is 41.8 Å². The fourth-order valence-corrected chi connectivity index (χ4v) is 3.86. The van der Waals surface area contributed by atoms with E-state index in [1.165, 1.54) is 22.1 Å². The molecule has 0 bridgehead atoms. The van der Waals surface area contributed by atoms with Crippen LogP contribution in [-0.2, 0) is 4.74 Å². The zero-order valence-electron chi connectivity index (χ0n) is 10.8. The molecular weight excluding hydrogens is 242 g/mol. The third-order valence-corrected chi connectivity index (χ3v) is 4.91. The molecule has 3 atom stereocenters. The summed E-state index contributed by atoms with van der Waals surface area (Å²) < 4.78 is 7.33. The summed E-state index contributed by atoms with van der Waals surface area (Å²) in [6, 6.07) is 9.05. The molecule has 1 aliphatic rings. The molecule has 1 N–H and O–H groups in total. The second kappa shape index (κ2) is 5.00. The van der Waals surface area contributed by atoms with Gasteiger partial charge in [-0.2, -0.15) is 0 Å². The lowest BCUT2D eigenvalue weighted by Gasteiger charge is -2.26. The molecule has 18 heavy (non-hydrogen) atoms. The van der Waals surface area contributed by atoms with Crippen molar-refractivity contribution in [2.24, 2.45) is 5.92 Å². The first kappa shape index (κ1) is 12.2. The highest BCUT2D eigenvalue weighted by molar-refractivity contribution is 7.17. The topological polar surface area (TPSA) is 21.3 Å². The number of hydrogen-bond acceptors (Lipinski definition) is 3. The molecule has 0 radical (unpaired) electrons. The average Bonchev–Trinajstić information content (AvgIpc) is 3.00. The molecule has 1 aliphatic heterocycles. The maximum Gasteiger partial charge on any atom is 0.0796 e. The van der Waals surface area contributed by atoms with E-state index in [9.17, 15) is 0 Å². The van der Waals surface area contributed by atoms with E-state index in [-0.39, 0.29) is 0 Å². The van der Waals surface area contributed by atoms with Crippen LogP contribution in [0.15, 0.2) is 29.6 Å². The van der Waals surface area contributed by atoms with Crippen molar-refractivity contribution in [2.75, 3.05) is 13.7 Å². The van der Waals surface area contributed by atoms with Crippen molar-refractivity contribution < 1.29 is 4.74 Å². The van der Waals surface area contributed by atoms with Gasteiger partial charge in [-0.15, -0.1) is 11.3 Å². The maximum atomic E-state index is 5.94. The highest BCUT2D eigenvalue weighted by Crippen LogP contribution is 2.36. The van der Waals surface area contributed by atoms with E-state index in [1.54, 1.807) is 0 Å². The molecule has 0 spiro atoms. The molecule has 1 saturated heterocycles. The van der Waals surface area contributed by atoms with Gasteiger partial charge in [0.25, 0.3) is 0 Å². The van der Waals surface area contributed by atoms with Crippen LogP contribution in [-0.4, -0.2) is 19.8 Å². The lowest BCUT2D eigenvalue weighted by atomic mass is 9.92. The fraction of sp³-hybridized carbons (Fsp3) is 0.467. The Labute approximate surface area is 112 Å². The zero-order valence-corrected chi connectivity index (χ0v) is 11.7. The van der Waals surface area contributed by atoms with Gasteiger partial charge < -0.3 is 10.1 Å². The minimum absolute atomic E-state index is 0.294. The number of thiophene rings is 1. The standard InChI is InChI=1S/C15H19NOS/c1-10-6-8-17-14(10)13(16-2)12-5-3-4-11-7-9-18-15(11)12/h3-5,7,9-10,13-14,16H,6,8H2,1-2H3. The summed E-state index contributed by atoms with van der Waals surface area (Å²) in [6.45, 7) is 3.18. The van der Waals surface area contributed by atoms with Crippen LogP contribution in [0.1, 0.15) is 24.9 Å². The van der Waals surface area contributed by atoms with Gasteiger partial charge in [-0.1, -0.05) is 25.1 Å². The van der Waals surface area contributed by atoms with Gasteiger partial charge in [0, 0.05) is 11.3 Å². The number of rotatable bonds is 3. The van der Waals surface area contributed by atoms with E-state index in [4.69, 9.17) is 4.74 Å². The van der Waals surface area contributed by atoms with Gasteiger partial charge in [0.2, 0.25) is 0 Å². The zero-order chi connectivity index (χ0) is 12.5. The Kier molecular flexibility index (Phi) is 3.37. The molecule has 0 saturated carbocycles. The van der Waals surface area contributed by atoms with E-state index in [0.29, 0.717) is 18.1 Å². The van der Waals surface area contributed by atoms with Crippen molar-refractivity contribution >= 4 is 21.4 Å². The van der Waals surface area contributed by atoms with Crippen LogP contribution in [0.25, 0.3) is 10.1 Å². The van der Waals surface area contributed by atoms with Gasteiger partial charge in [0.1, 0.15) is 0 Å². The predicted molar refractivity (Wildman–Crippen MR) is 77.1 cm³/mol. The third kappa shape index (κ3) is 1.96. The molecule has 3 unspecified atom stereocenters. The molecule has 0 amide bonds. The van der Waals surface area contributed by atoms with E-state index < -0.39 is 0 Å². The van der Waals surface area contributed by atoms with Crippen molar-refractivity contribution in [2.45, 2.75) is 25.5 Å². The molecule has 2 aromatic rings. The van der Waals surface area contributed by atoms with Crippen LogP contribution in [0, 0.1) is 5.92 Å². The third-order valence-electron chi connectivity index (χ3n) is 3.93. The summed E-state index contributed by atoms with van der Waals surface area (Å²) in [5.74, 6) is 0.623. The minimum Gasteiger partial charge on any atom is -0.376 e. The van der Waals surface area contributed by atoms with Crippen molar-refractivity contribution in [3.8, 4) is 0 Å². The first-order valence-corrected chi connectivity index (χ1v) is 7.44. The molecular formula is C15H19NOS. The van der Waals surface area contributed by atoms with Crippen LogP contribution in [0.3, 0.4) is 0 Å². The van der Waals surface area contributed by atoms with Crippen LogP contribution >= 0.6 is 11.3 Å². The first-order chi connectivity index (χ1) is 8.81. The Balaban J connectivity index is 2.03. The fourth-order valence-electron chi connectivity index (χ4n) is 2.90. The van der Waals surface area contributed by atoms with Crippen LogP contribution in [0.2, 0.25) is 0 Å². The van der Waals surface area contributed by atoms with Gasteiger partial charge in [0.05, 0.1) is 12.1 Å². The second-order valence-corrected chi connectivity index (χ2v) is 5.97. The van der Waals surface area contributed by atoms with Crippen molar-refractivity contribution in [3.63, 3.8) is 0 Å². The summed E-state index contributed by atoms with van der Waals surface area (Å²) in [6.07, 6.45) is 1.46. The lowest BCUT2D eigenvalue weighted by molar-refractivity contribution is 0.0636. The lowest BCUT2D eigenvalue weighted by Crippen LogP contribution is -2.32. The molecule has 1 aromatic carbocycles. The average molecular weight is 261 g/mol. The van der Waals surface area contributed by atoms with Gasteiger partial charge >= 0.3 is 0 Å². The van der Waals surface area contributed by atoms with Crippen molar-refractivity contribution in [1.82, 2.24) is 5.32 Å². The van der Waals surface area contributed by atoms with Gasteiger partial charge in [-0.25, -0.2) is 0 Å². The molecule has 96 valence electrons. The monoisotopic (exact) mass is 261 g/mol. The summed E-state index contributed by atoms with van der Waals surface area (Å²) in [7, 11) is 2.03. The quantitative estimate of drug-likeness (QED) is 0.911. The Hall–Kier alpha value is -0.900. The van der Waals surface area contributed by atoms with Crippen LogP contribution in [0.5, 0.6) is 0 Å². The number of benzene rings is 1. The predicted octanol–water partition coefficient (Wildman–Crippen LogP) is 3.59. The normalized spacial score (nSPS) is 25.7. The molecule has 1 fully saturated rings. The van der Waals surface area contributed by atoms with Crippen LogP contribution < -0.4 is 5.32 Å². The minimum atomic E-state index is 0.294. The smallest absolute Gasteiger partial charge is 0.0796 e. The highest BCUT2D eigenvalue weighted by atomic mass is 32.1. The number of fused-ring (bicyclic) bond motifs is 1. The summed E-state index contributed by atoms with van der Waals surface area (Å²) in [5.41, 5.74) is 1.38. The highest BCUT2D eigenvalue weighted by Gasteiger charge is 2.33. The molecule has 2 nitrogen and oxygen atoms in total.